The molecular formula is C19H22O. The highest BCUT2D eigenvalue weighted by atomic mass is 16.5. The highest BCUT2D eigenvalue weighted by Crippen LogP contribution is 2.48. The van der Waals surface area contributed by atoms with Crippen molar-refractivity contribution in [1.29, 1.82) is 0 Å². The van der Waals surface area contributed by atoms with Gasteiger partial charge < -0.3 is 4.74 Å². The summed E-state index contributed by atoms with van der Waals surface area (Å²) in [6, 6.07) is 21.7. The van der Waals surface area contributed by atoms with Gasteiger partial charge in [0.05, 0.1) is 18.1 Å². The van der Waals surface area contributed by atoms with Gasteiger partial charge >= 0.3 is 0 Å². The number of hydrogen-bond acceptors (Lipinski definition) is 1. The molecular weight excluding hydrogens is 244 g/mol. The predicted octanol–water partition coefficient (Wildman–Crippen LogP) is 4.42. The highest BCUT2D eigenvalue weighted by molar-refractivity contribution is 5.43. The van der Waals surface area contributed by atoms with Crippen molar-refractivity contribution in [3.63, 3.8) is 0 Å². The minimum Gasteiger partial charge on any atom is -0.377 e. The molecule has 1 nitrogen and oxygen atoms in total. The van der Waals surface area contributed by atoms with Crippen LogP contribution in [0.4, 0.5) is 0 Å². The standard InChI is InChI=1S/C19H22O/c1-3-18-19(15(2)14-20-18,16-10-6-4-7-11-16)17-12-8-5-9-13-17/h4-13,15,18H,3,14H2,1-2H3/t15-,18+/m0/s1. The van der Waals surface area contributed by atoms with Gasteiger partial charge in [-0.3, -0.25) is 0 Å². The van der Waals surface area contributed by atoms with Crippen molar-refractivity contribution in [1.82, 2.24) is 0 Å². The van der Waals surface area contributed by atoms with E-state index in [1.165, 1.54) is 11.1 Å². The molecule has 104 valence electrons. The summed E-state index contributed by atoms with van der Waals surface area (Å²) in [4.78, 5) is 0. The molecule has 1 aliphatic heterocycles. The zero-order valence-corrected chi connectivity index (χ0v) is 12.3. The van der Waals surface area contributed by atoms with Crippen molar-refractivity contribution >= 4 is 0 Å². The topological polar surface area (TPSA) is 9.23 Å². The first-order valence-electron chi connectivity index (χ1n) is 7.52. The smallest absolute Gasteiger partial charge is 0.0713 e. The molecule has 3 rings (SSSR count). The Morgan fingerprint density at radius 1 is 0.950 bits per heavy atom. The van der Waals surface area contributed by atoms with E-state index >= 15 is 0 Å². The third-order valence-electron chi connectivity index (χ3n) is 4.71. The van der Waals surface area contributed by atoms with Crippen LogP contribution in [-0.4, -0.2) is 12.7 Å². The molecule has 20 heavy (non-hydrogen) atoms. The summed E-state index contributed by atoms with van der Waals surface area (Å²) in [6.45, 7) is 5.38. The molecule has 0 N–H and O–H groups in total. The highest BCUT2D eigenvalue weighted by Gasteiger charge is 2.50. The van der Waals surface area contributed by atoms with E-state index in [4.69, 9.17) is 4.74 Å². The van der Waals surface area contributed by atoms with Crippen LogP contribution in [0.15, 0.2) is 60.7 Å². The van der Waals surface area contributed by atoms with Gasteiger partial charge in [-0.25, -0.2) is 0 Å². The second kappa shape index (κ2) is 5.41. The lowest BCUT2D eigenvalue weighted by molar-refractivity contribution is 0.0848. The van der Waals surface area contributed by atoms with E-state index in [9.17, 15) is 0 Å². The maximum absolute atomic E-state index is 6.14. The summed E-state index contributed by atoms with van der Waals surface area (Å²) < 4.78 is 6.14. The van der Waals surface area contributed by atoms with E-state index in [0.29, 0.717) is 5.92 Å². The van der Waals surface area contributed by atoms with Gasteiger partial charge in [-0.1, -0.05) is 74.5 Å². The molecule has 0 saturated carbocycles. The molecule has 1 aliphatic rings. The van der Waals surface area contributed by atoms with E-state index in [2.05, 4.69) is 74.5 Å². The summed E-state index contributed by atoms with van der Waals surface area (Å²) in [7, 11) is 0. The van der Waals surface area contributed by atoms with Crippen LogP contribution in [0.25, 0.3) is 0 Å². The van der Waals surface area contributed by atoms with Crippen molar-refractivity contribution in [2.45, 2.75) is 31.8 Å². The Kier molecular flexibility index (Phi) is 3.62. The van der Waals surface area contributed by atoms with Crippen LogP contribution in [0.5, 0.6) is 0 Å². The van der Waals surface area contributed by atoms with Crippen molar-refractivity contribution < 1.29 is 4.74 Å². The van der Waals surface area contributed by atoms with E-state index in [1.54, 1.807) is 0 Å². The Morgan fingerprint density at radius 2 is 1.45 bits per heavy atom. The van der Waals surface area contributed by atoms with E-state index in [0.717, 1.165) is 13.0 Å². The molecule has 2 aromatic carbocycles. The van der Waals surface area contributed by atoms with Gasteiger partial charge in [-0.2, -0.15) is 0 Å². The Labute approximate surface area is 121 Å². The third kappa shape index (κ3) is 1.89. The lowest BCUT2D eigenvalue weighted by Crippen LogP contribution is -2.41. The Bertz CT molecular complexity index is 507. The molecule has 1 fully saturated rings. The van der Waals surface area contributed by atoms with Gasteiger partial charge in [-0.15, -0.1) is 0 Å². The zero-order valence-electron chi connectivity index (χ0n) is 12.3. The molecule has 1 heterocycles. The fourth-order valence-electron chi connectivity index (χ4n) is 3.82. The van der Waals surface area contributed by atoms with Crippen LogP contribution in [0.1, 0.15) is 31.4 Å². The summed E-state index contributed by atoms with van der Waals surface area (Å²) in [5.41, 5.74) is 2.74. The minimum atomic E-state index is -0.0166. The first-order chi connectivity index (χ1) is 9.80. The van der Waals surface area contributed by atoms with Crippen molar-refractivity contribution in [2.75, 3.05) is 6.61 Å². The lowest BCUT2D eigenvalue weighted by atomic mass is 9.64. The molecule has 1 heteroatoms. The molecule has 2 atom stereocenters. The van der Waals surface area contributed by atoms with Crippen LogP contribution in [0.3, 0.4) is 0 Å². The van der Waals surface area contributed by atoms with Crippen LogP contribution in [0.2, 0.25) is 0 Å². The Morgan fingerprint density at radius 3 is 1.90 bits per heavy atom. The van der Waals surface area contributed by atoms with Crippen LogP contribution in [-0.2, 0) is 10.2 Å². The third-order valence-corrected chi connectivity index (χ3v) is 4.71. The van der Waals surface area contributed by atoms with Gasteiger partial charge in [0.25, 0.3) is 0 Å². The molecule has 0 amide bonds. The lowest BCUT2D eigenvalue weighted by Gasteiger charge is -2.38. The van der Waals surface area contributed by atoms with Crippen LogP contribution < -0.4 is 0 Å². The average molecular weight is 266 g/mol. The van der Waals surface area contributed by atoms with Crippen molar-refractivity contribution in [2.24, 2.45) is 5.92 Å². The monoisotopic (exact) mass is 266 g/mol. The minimum absolute atomic E-state index is 0.0166. The number of benzene rings is 2. The Balaban J connectivity index is 2.23. The van der Waals surface area contributed by atoms with Gasteiger partial charge in [0.1, 0.15) is 0 Å². The molecule has 0 aromatic heterocycles. The van der Waals surface area contributed by atoms with Crippen molar-refractivity contribution in [3.05, 3.63) is 71.8 Å². The van der Waals surface area contributed by atoms with E-state index in [1.807, 2.05) is 0 Å². The summed E-state index contributed by atoms with van der Waals surface area (Å²) in [5.74, 6) is 0.484. The number of hydrogen-bond donors (Lipinski definition) is 0. The summed E-state index contributed by atoms with van der Waals surface area (Å²) >= 11 is 0. The molecule has 0 aliphatic carbocycles. The zero-order chi connectivity index (χ0) is 14.0. The first kappa shape index (κ1) is 13.4. The van der Waals surface area contributed by atoms with E-state index in [-0.39, 0.29) is 11.5 Å². The van der Waals surface area contributed by atoms with Gasteiger partial charge in [-0.05, 0) is 23.5 Å². The molecule has 1 saturated heterocycles. The molecule has 0 unspecified atom stereocenters. The molecule has 0 radical (unpaired) electrons. The fourth-order valence-corrected chi connectivity index (χ4v) is 3.82. The Hall–Kier alpha value is -1.60. The number of rotatable bonds is 3. The number of ether oxygens (including phenoxy) is 1. The van der Waals surface area contributed by atoms with Crippen molar-refractivity contribution in [3.8, 4) is 0 Å². The maximum atomic E-state index is 6.14. The van der Waals surface area contributed by atoms with E-state index < -0.39 is 0 Å². The first-order valence-corrected chi connectivity index (χ1v) is 7.52. The normalized spacial score (nSPS) is 24.7. The largest absolute Gasteiger partial charge is 0.377 e. The fraction of sp³-hybridized carbons (Fsp3) is 0.368. The van der Waals surface area contributed by atoms with Gasteiger partial charge in [0.2, 0.25) is 0 Å². The SMILES string of the molecule is CC[C@H]1OC[C@H](C)C1(c1ccccc1)c1ccccc1. The quantitative estimate of drug-likeness (QED) is 0.799. The molecule has 0 bridgehead atoms. The second-order valence-electron chi connectivity index (χ2n) is 5.73. The second-order valence-corrected chi connectivity index (χ2v) is 5.73. The summed E-state index contributed by atoms with van der Waals surface area (Å²) in [5, 5.41) is 0. The van der Waals surface area contributed by atoms with Crippen LogP contribution >= 0.6 is 0 Å². The predicted molar refractivity (Wildman–Crippen MR) is 82.9 cm³/mol. The van der Waals surface area contributed by atoms with Gasteiger partial charge in [0, 0.05) is 0 Å². The average Bonchev–Trinajstić information content (AvgIpc) is 2.86. The molecule has 0 spiro atoms. The summed E-state index contributed by atoms with van der Waals surface area (Å²) in [6.07, 6.45) is 1.29. The van der Waals surface area contributed by atoms with Crippen LogP contribution in [0, 0.1) is 5.92 Å². The maximum Gasteiger partial charge on any atom is 0.0713 e. The van der Waals surface area contributed by atoms with Gasteiger partial charge in [0.15, 0.2) is 0 Å². The molecule has 2 aromatic rings.